The summed E-state index contributed by atoms with van der Waals surface area (Å²) in [5, 5.41) is 14.0. The Labute approximate surface area is 129 Å². The van der Waals surface area contributed by atoms with E-state index >= 15 is 0 Å². The Morgan fingerprint density at radius 1 is 1.24 bits per heavy atom. The van der Waals surface area contributed by atoms with Crippen LogP contribution in [0.25, 0.3) is 0 Å². The van der Waals surface area contributed by atoms with Gasteiger partial charge in [-0.15, -0.1) is 0 Å². The van der Waals surface area contributed by atoms with Gasteiger partial charge in [-0.1, -0.05) is 15.9 Å². The SMILES string of the molecule is COC(=O)c1ccc([N+](=O)[O-])c(Nc2ccc(Br)cc2)c1. The lowest BCUT2D eigenvalue weighted by atomic mass is 10.1. The van der Waals surface area contributed by atoms with Crippen LogP contribution in [0, 0.1) is 10.1 Å². The molecular weight excluding hydrogens is 340 g/mol. The van der Waals surface area contributed by atoms with Gasteiger partial charge in [-0.3, -0.25) is 10.1 Å². The lowest BCUT2D eigenvalue weighted by molar-refractivity contribution is -0.383. The molecule has 0 aliphatic heterocycles. The van der Waals surface area contributed by atoms with Crippen LogP contribution >= 0.6 is 15.9 Å². The van der Waals surface area contributed by atoms with Crippen LogP contribution in [0.5, 0.6) is 0 Å². The molecule has 0 bridgehead atoms. The average Bonchev–Trinajstić information content (AvgIpc) is 2.48. The molecule has 0 atom stereocenters. The third kappa shape index (κ3) is 3.57. The van der Waals surface area contributed by atoms with Gasteiger partial charge in [0.1, 0.15) is 5.69 Å². The number of hydrogen-bond acceptors (Lipinski definition) is 5. The van der Waals surface area contributed by atoms with Crippen molar-refractivity contribution in [1.82, 2.24) is 0 Å². The van der Waals surface area contributed by atoms with Gasteiger partial charge in [0.05, 0.1) is 17.6 Å². The molecule has 7 heteroatoms. The molecule has 21 heavy (non-hydrogen) atoms. The Hall–Kier alpha value is -2.41. The number of halogens is 1. The molecule has 2 aromatic carbocycles. The first-order chi connectivity index (χ1) is 10.0. The summed E-state index contributed by atoms with van der Waals surface area (Å²) >= 11 is 3.31. The first kappa shape index (κ1) is 15.0. The number of ether oxygens (including phenoxy) is 1. The molecule has 0 aliphatic rings. The molecule has 0 saturated heterocycles. The predicted octanol–water partition coefficient (Wildman–Crippen LogP) is 3.89. The minimum Gasteiger partial charge on any atom is -0.465 e. The summed E-state index contributed by atoms with van der Waals surface area (Å²) in [4.78, 5) is 22.1. The monoisotopic (exact) mass is 350 g/mol. The van der Waals surface area contributed by atoms with Crippen LogP contribution < -0.4 is 5.32 Å². The summed E-state index contributed by atoms with van der Waals surface area (Å²) in [6, 6.07) is 11.2. The molecule has 1 N–H and O–H groups in total. The zero-order chi connectivity index (χ0) is 15.4. The van der Waals surface area contributed by atoms with Gasteiger partial charge in [-0.25, -0.2) is 4.79 Å². The third-order valence-electron chi connectivity index (χ3n) is 2.74. The number of nitro groups is 1. The molecule has 0 aliphatic carbocycles. The summed E-state index contributed by atoms with van der Waals surface area (Å²) in [7, 11) is 1.26. The fraction of sp³-hybridized carbons (Fsp3) is 0.0714. The maximum Gasteiger partial charge on any atom is 0.337 e. The van der Waals surface area contributed by atoms with Crippen LogP contribution in [0.1, 0.15) is 10.4 Å². The quantitative estimate of drug-likeness (QED) is 0.513. The van der Waals surface area contributed by atoms with Crippen molar-refractivity contribution in [2.24, 2.45) is 0 Å². The van der Waals surface area contributed by atoms with E-state index in [9.17, 15) is 14.9 Å². The highest BCUT2D eigenvalue weighted by Crippen LogP contribution is 2.29. The molecule has 0 heterocycles. The second kappa shape index (κ2) is 6.36. The lowest BCUT2D eigenvalue weighted by Gasteiger charge is -2.09. The van der Waals surface area contributed by atoms with Crippen molar-refractivity contribution in [2.75, 3.05) is 12.4 Å². The molecule has 0 saturated carbocycles. The normalized spacial score (nSPS) is 10.0. The van der Waals surface area contributed by atoms with Crippen molar-refractivity contribution < 1.29 is 14.5 Å². The molecule has 0 unspecified atom stereocenters. The zero-order valence-corrected chi connectivity index (χ0v) is 12.6. The summed E-state index contributed by atoms with van der Waals surface area (Å²) in [6.07, 6.45) is 0. The topological polar surface area (TPSA) is 81.5 Å². The number of nitrogens with one attached hydrogen (secondary N) is 1. The Balaban J connectivity index is 2.40. The van der Waals surface area contributed by atoms with Gasteiger partial charge < -0.3 is 10.1 Å². The molecule has 0 radical (unpaired) electrons. The maximum absolute atomic E-state index is 11.5. The van der Waals surface area contributed by atoms with Crippen LogP contribution in [-0.2, 0) is 4.74 Å². The number of esters is 1. The number of anilines is 2. The molecule has 0 fully saturated rings. The number of nitro benzene ring substituents is 1. The van der Waals surface area contributed by atoms with Crippen molar-refractivity contribution in [3.8, 4) is 0 Å². The molecule has 2 aromatic rings. The van der Waals surface area contributed by atoms with Crippen molar-refractivity contribution >= 4 is 39.0 Å². The van der Waals surface area contributed by atoms with Crippen LogP contribution in [0.4, 0.5) is 17.1 Å². The number of nitrogens with zero attached hydrogens (tertiary/aromatic N) is 1. The minimum atomic E-state index is -0.552. The smallest absolute Gasteiger partial charge is 0.337 e. The van der Waals surface area contributed by atoms with Crippen molar-refractivity contribution in [2.45, 2.75) is 0 Å². The van der Waals surface area contributed by atoms with E-state index in [0.717, 1.165) is 4.47 Å². The van der Waals surface area contributed by atoms with Gasteiger partial charge in [0.15, 0.2) is 0 Å². The fourth-order valence-corrected chi connectivity index (χ4v) is 1.99. The molecule has 2 rings (SSSR count). The van der Waals surface area contributed by atoms with Crippen molar-refractivity contribution in [3.05, 3.63) is 62.6 Å². The number of hydrogen-bond donors (Lipinski definition) is 1. The molecule has 6 nitrogen and oxygen atoms in total. The van der Waals surface area contributed by atoms with Gasteiger partial charge in [0.25, 0.3) is 5.69 Å². The highest BCUT2D eigenvalue weighted by molar-refractivity contribution is 9.10. The van der Waals surface area contributed by atoms with E-state index in [4.69, 9.17) is 0 Å². The molecular formula is C14H11BrN2O4. The number of carbonyl (C=O) groups excluding carboxylic acids is 1. The molecule has 0 aromatic heterocycles. The van der Waals surface area contributed by atoms with Gasteiger partial charge in [-0.2, -0.15) is 0 Å². The predicted molar refractivity (Wildman–Crippen MR) is 81.9 cm³/mol. The maximum atomic E-state index is 11.5. The van der Waals surface area contributed by atoms with Crippen LogP contribution in [0.3, 0.4) is 0 Å². The number of carbonyl (C=O) groups is 1. The average molecular weight is 351 g/mol. The third-order valence-corrected chi connectivity index (χ3v) is 3.27. The first-order valence-corrected chi connectivity index (χ1v) is 6.70. The summed E-state index contributed by atoms with van der Waals surface area (Å²) in [5.41, 5.74) is 1.02. The summed E-state index contributed by atoms with van der Waals surface area (Å²) in [6.45, 7) is 0. The molecule has 0 spiro atoms. The van der Waals surface area contributed by atoms with Crippen molar-refractivity contribution in [3.63, 3.8) is 0 Å². The minimum absolute atomic E-state index is 0.120. The Kier molecular flexibility index (Phi) is 4.54. The van der Waals surface area contributed by atoms with Crippen molar-refractivity contribution in [1.29, 1.82) is 0 Å². The summed E-state index contributed by atoms with van der Waals surface area (Å²) < 4.78 is 5.51. The van der Waals surface area contributed by atoms with E-state index in [-0.39, 0.29) is 16.9 Å². The Morgan fingerprint density at radius 3 is 2.48 bits per heavy atom. The highest BCUT2D eigenvalue weighted by Gasteiger charge is 2.17. The highest BCUT2D eigenvalue weighted by atomic mass is 79.9. The van der Waals surface area contributed by atoms with Crippen LogP contribution in [0.2, 0.25) is 0 Å². The number of rotatable bonds is 4. The Bertz CT molecular complexity index is 686. The fourth-order valence-electron chi connectivity index (χ4n) is 1.73. The standard InChI is InChI=1S/C14H11BrN2O4/c1-21-14(18)9-2-7-13(17(19)20)12(8-9)16-11-5-3-10(15)4-6-11/h2-8,16H,1H3. The largest absolute Gasteiger partial charge is 0.465 e. The van der Waals surface area contributed by atoms with Crippen LogP contribution in [-0.4, -0.2) is 18.0 Å². The first-order valence-electron chi connectivity index (χ1n) is 5.90. The van der Waals surface area contributed by atoms with E-state index in [2.05, 4.69) is 26.0 Å². The van der Waals surface area contributed by atoms with Gasteiger partial charge in [-0.05, 0) is 36.4 Å². The van der Waals surface area contributed by atoms with Gasteiger partial charge in [0.2, 0.25) is 0 Å². The van der Waals surface area contributed by atoms with E-state index in [1.807, 2.05) is 0 Å². The number of benzene rings is 2. The summed E-state index contributed by atoms with van der Waals surface area (Å²) in [5.74, 6) is -0.552. The Morgan fingerprint density at radius 2 is 1.90 bits per heavy atom. The zero-order valence-electron chi connectivity index (χ0n) is 11.0. The van der Waals surface area contributed by atoms with Gasteiger partial charge >= 0.3 is 5.97 Å². The van der Waals surface area contributed by atoms with E-state index in [1.165, 1.54) is 25.3 Å². The second-order valence-electron chi connectivity index (χ2n) is 4.11. The van der Waals surface area contributed by atoms with E-state index < -0.39 is 10.9 Å². The van der Waals surface area contributed by atoms with Gasteiger partial charge in [0, 0.05) is 16.2 Å². The molecule has 108 valence electrons. The second-order valence-corrected chi connectivity index (χ2v) is 5.03. The lowest BCUT2D eigenvalue weighted by Crippen LogP contribution is -2.04. The van der Waals surface area contributed by atoms with E-state index in [0.29, 0.717) is 5.69 Å². The van der Waals surface area contributed by atoms with E-state index in [1.54, 1.807) is 24.3 Å². The van der Waals surface area contributed by atoms with Crippen LogP contribution in [0.15, 0.2) is 46.9 Å². The molecule has 0 amide bonds. The number of methoxy groups -OCH3 is 1.